The molecule has 0 radical (unpaired) electrons. The van der Waals surface area contributed by atoms with E-state index in [0.717, 1.165) is 0 Å². The molecule has 0 aromatic carbocycles. The minimum atomic E-state index is -1.56. The molecular formula is C19H32N6O6S. The zero-order chi connectivity index (χ0) is 24.4. The number of thiol groups is 1. The molecular weight excluding hydrogens is 440 g/mol. The predicted octanol–water partition coefficient (Wildman–Crippen LogP) is -1.82. The molecule has 5 unspecified atom stereocenters. The lowest BCUT2D eigenvalue weighted by atomic mass is 10.0. The van der Waals surface area contributed by atoms with Gasteiger partial charge in [-0.1, -0.05) is 13.8 Å². The zero-order valence-electron chi connectivity index (χ0n) is 18.2. The van der Waals surface area contributed by atoms with Gasteiger partial charge in [0.05, 0.1) is 18.5 Å². The van der Waals surface area contributed by atoms with Crippen molar-refractivity contribution in [1.82, 2.24) is 25.9 Å². The van der Waals surface area contributed by atoms with E-state index in [-0.39, 0.29) is 18.1 Å². The second-order valence-electron chi connectivity index (χ2n) is 7.89. The zero-order valence-corrected chi connectivity index (χ0v) is 19.1. The third-order valence-electron chi connectivity index (χ3n) is 4.54. The number of amides is 3. The number of rotatable bonds is 13. The second-order valence-corrected chi connectivity index (χ2v) is 8.25. The van der Waals surface area contributed by atoms with E-state index in [9.17, 15) is 24.3 Å². The van der Waals surface area contributed by atoms with E-state index in [0.29, 0.717) is 12.1 Å². The van der Waals surface area contributed by atoms with Crippen LogP contribution in [-0.4, -0.2) is 79.9 Å². The molecule has 180 valence electrons. The molecule has 0 saturated heterocycles. The quantitative estimate of drug-likeness (QED) is 0.153. The van der Waals surface area contributed by atoms with E-state index in [1.165, 1.54) is 19.4 Å². The Morgan fingerprint density at radius 2 is 1.69 bits per heavy atom. The molecule has 1 rings (SSSR count). The first-order chi connectivity index (χ1) is 15.0. The van der Waals surface area contributed by atoms with Gasteiger partial charge in [0.1, 0.15) is 12.1 Å². The number of carbonyl (C=O) groups excluding carboxylic acids is 3. The van der Waals surface area contributed by atoms with E-state index >= 15 is 0 Å². The highest BCUT2D eigenvalue weighted by Crippen LogP contribution is 2.05. The summed E-state index contributed by atoms with van der Waals surface area (Å²) in [4.78, 5) is 55.7. The Kier molecular flexibility index (Phi) is 11.2. The number of H-pyrrole nitrogens is 1. The summed E-state index contributed by atoms with van der Waals surface area (Å²) in [7, 11) is 0. The lowest BCUT2D eigenvalue weighted by Gasteiger charge is -2.25. The topological polar surface area (TPSA) is 200 Å². The highest BCUT2D eigenvalue weighted by molar-refractivity contribution is 7.80. The van der Waals surface area contributed by atoms with Crippen LogP contribution in [0.1, 0.15) is 32.9 Å². The van der Waals surface area contributed by atoms with E-state index in [1.54, 1.807) is 0 Å². The van der Waals surface area contributed by atoms with Crippen LogP contribution < -0.4 is 21.7 Å². The Bertz CT molecular complexity index is 772. The van der Waals surface area contributed by atoms with Gasteiger partial charge in [0.15, 0.2) is 6.04 Å². The number of nitrogens with one attached hydrogen (secondary N) is 4. The summed E-state index contributed by atoms with van der Waals surface area (Å²) in [6.07, 6.45) is 2.02. The summed E-state index contributed by atoms with van der Waals surface area (Å²) in [5.41, 5.74) is 6.47. The van der Waals surface area contributed by atoms with E-state index in [4.69, 9.17) is 10.8 Å². The molecule has 1 aromatic heterocycles. The number of aliphatic carboxylic acids is 1. The first-order valence-corrected chi connectivity index (χ1v) is 10.7. The molecule has 0 saturated carbocycles. The fraction of sp³-hybridized carbons (Fsp3) is 0.632. The van der Waals surface area contributed by atoms with Crippen LogP contribution in [-0.2, 0) is 25.6 Å². The van der Waals surface area contributed by atoms with Crippen LogP contribution in [0.3, 0.4) is 0 Å². The van der Waals surface area contributed by atoms with Crippen molar-refractivity contribution in [3.05, 3.63) is 18.2 Å². The Balaban J connectivity index is 2.93. The summed E-state index contributed by atoms with van der Waals surface area (Å²) >= 11 is 4.04. The van der Waals surface area contributed by atoms with Crippen molar-refractivity contribution >= 4 is 36.3 Å². The average molecular weight is 473 g/mol. The predicted molar refractivity (Wildman–Crippen MR) is 119 cm³/mol. The van der Waals surface area contributed by atoms with Crippen LogP contribution in [0.25, 0.3) is 0 Å². The van der Waals surface area contributed by atoms with Crippen molar-refractivity contribution in [3.8, 4) is 0 Å². The van der Waals surface area contributed by atoms with Gasteiger partial charge in [0.2, 0.25) is 17.7 Å². The number of hydrogen-bond donors (Lipinski definition) is 8. The molecule has 1 heterocycles. The first-order valence-electron chi connectivity index (χ1n) is 10.1. The molecule has 13 heteroatoms. The van der Waals surface area contributed by atoms with Crippen molar-refractivity contribution in [2.75, 3.05) is 5.75 Å². The van der Waals surface area contributed by atoms with Crippen LogP contribution in [0.15, 0.2) is 12.5 Å². The molecule has 0 spiro atoms. The number of aromatic amines is 1. The van der Waals surface area contributed by atoms with Crippen molar-refractivity contribution in [2.24, 2.45) is 11.7 Å². The third-order valence-corrected chi connectivity index (χ3v) is 4.90. The molecule has 0 aliphatic rings. The van der Waals surface area contributed by atoms with Gasteiger partial charge in [-0.3, -0.25) is 14.4 Å². The number of carboxylic acid groups (broad SMARTS) is 1. The number of imidazole rings is 1. The molecule has 0 aliphatic heterocycles. The van der Waals surface area contributed by atoms with Crippen molar-refractivity contribution in [1.29, 1.82) is 0 Å². The maximum Gasteiger partial charge on any atom is 0.328 e. The van der Waals surface area contributed by atoms with E-state index in [2.05, 4.69) is 38.5 Å². The highest BCUT2D eigenvalue weighted by atomic mass is 32.1. The Labute approximate surface area is 191 Å². The maximum absolute atomic E-state index is 12.9. The van der Waals surface area contributed by atoms with Crippen LogP contribution in [0.5, 0.6) is 0 Å². The van der Waals surface area contributed by atoms with Gasteiger partial charge < -0.3 is 36.9 Å². The normalized spacial score (nSPS) is 15.8. The Hall–Kier alpha value is -2.64. The molecule has 12 nitrogen and oxygen atoms in total. The molecule has 0 bridgehead atoms. The number of hydrogen-bond acceptors (Lipinski definition) is 8. The summed E-state index contributed by atoms with van der Waals surface area (Å²) in [6, 6.07) is -4.67. The molecule has 0 fully saturated rings. The Morgan fingerprint density at radius 3 is 2.16 bits per heavy atom. The van der Waals surface area contributed by atoms with Crippen molar-refractivity contribution in [2.45, 2.75) is 63.9 Å². The SMILES string of the molecule is CC(C)CC(N)C(=O)NC(Cc1cnc[nH]1)C(=O)NC(CS)C(=O)NC(C(=O)O)C(C)O. The van der Waals surface area contributed by atoms with Crippen LogP contribution in [0.4, 0.5) is 0 Å². The van der Waals surface area contributed by atoms with E-state index < -0.39 is 54.0 Å². The highest BCUT2D eigenvalue weighted by Gasteiger charge is 2.31. The lowest BCUT2D eigenvalue weighted by Crippen LogP contribution is -2.59. The fourth-order valence-corrected chi connectivity index (χ4v) is 3.09. The van der Waals surface area contributed by atoms with Crippen LogP contribution in [0, 0.1) is 5.92 Å². The van der Waals surface area contributed by atoms with Gasteiger partial charge in [-0.25, -0.2) is 9.78 Å². The Morgan fingerprint density at radius 1 is 1.09 bits per heavy atom. The lowest BCUT2D eigenvalue weighted by molar-refractivity contribution is -0.145. The fourth-order valence-electron chi connectivity index (χ4n) is 2.83. The average Bonchev–Trinajstić information content (AvgIpc) is 3.21. The van der Waals surface area contributed by atoms with Crippen LogP contribution in [0.2, 0.25) is 0 Å². The van der Waals surface area contributed by atoms with Crippen molar-refractivity contribution < 1.29 is 29.4 Å². The number of carbonyl (C=O) groups is 4. The van der Waals surface area contributed by atoms with E-state index in [1.807, 2.05) is 13.8 Å². The summed E-state index contributed by atoms with van der Waals surface area (Å²) in [5, 5.41) is 25.9. The second kappa shape index (κ2) is 13.0. The van der Waals surface area contributed by atoms with Crippen LogP contribution >= 0.6 is 12.6 Å². The molecule has 0 aliphatic carbocycles. The number of nitrogens with two attached hydrogens (primary N) is 1. The van der Waals surface area contributed by atoms with Gasteiger partial charge in [0, 0.05) is 24.1 Å². The molecule has 8 N–H and O–H groups in total. The third kappa shape index (κ3) is 8.85. The monoisotopic (exact) mass is 472 g/mol. The van der Waals surface area contributed by atoms with Gasteiger partial charge in [-0.2, -0.15) is 12.6 Å². The van der Waals surface area contributed by atoms with Crippen molar-refractivity contribution in [3.63, 3.8) is 0 Å². The number of aromatic nitrogens is 2. The minimum absolute atomic E-state index is 0.0539. The standard InChI is InChI=1S/C19H32N6O6S/c1-9(2)4-12(20)16(27)23-13(5-11-6-21-8-22-11)17(28)24-14(7-32)18(29)25-15(10(3)26)19(30)31/h6,8-10,12-15,26,32H,4-5,7,20H2,1-3H3,(H,21,22)(H,23,27)(H,24,28)(H,25,29)(H,30,31). The first kappa shape index (κ1) is 27.4. The molecule has 1 aromatic rings. The number of aliphatic hydroxyl groups excluding tert-OH is 1. The maximum atomic E-state index is 12.9. The smallest absolute Gasteiger partial charge is 0.328 e. The number of aliphatic hydroxyl groups is 1. The summed E-state index contributed by atoms with van der Waals surface area (Å²) in [5.74, 6) is -3.47. The molecule has 3 amide bonds. The van der Waals surface area contributed by atoms with Gasteiger partial charge in [-0.05, 0) is 19.3 Å². The molecule has 5 atom stereocenters. The summed E-state index contributed by atoms with van der Waals surface area (Å²) < 4.78 is 0. The largest absolute Gasteiger partial charge is 0.480 e. The summed E-state index contributed by atoms with van der Waals surface area (Å²) in [6.45, 7) is 5.04. The van der Waals surface area contributed by atoms with Gasteiger partial charge in [0.25, 0.3) is 0 Å². The number of nitrogens with zero attached hydrogens (tertiary/aromatic N) is 1. The van der Waals surface area contributed by atoms with Gasteiger partial charge >= 0.3 is 5.97 Å². The minimum Gasteiger partial charge on any atom is -0.480 e. The molecule has 32 heavy (non-hydrogen) atoms. The number of carboxylic acids is 1. The van der Waals surface area contributed by atoms with Gasteiger partial charge in [-0.15, -0.1) is 0 Å².